The Morgan fingerprint density at radius 3 is 2.68 bits per heavy atom. The smallest absolute Gasteiger partial charge is 0.224 e. The SMILES string of the molecule is CC(=O)Nc1nc2c(Oc3cc(N4CCN(C(C)c5ccncc5)CC4)ncn3)cccc2s1. The zero-order valence-corrected chi connectivity index (χ0v) is 19.8. The summed E-state index contributed by atoms with van der Waals surface area (Å²) in [4.78, 5) is 33.5. The lowest BCUT2D eigenvalue weighted by Gasteiger charge is -2.38. The summed E-state index contributed by atoms with van der Waals surface area (Å²) in [6, 6.07) is 12.1. The molecule has 3 aromatic heterocycles. The fourth-order valence-electron chi connectivity index (χ4n) is 4.07. The first-order valence-electron chi connectivity index (χ1n) is 11.1. The Balaban J connectivity index is 1.28. The molecule has 0 spiro atoms. The maximum Gasteiger partial charge on any atom is 0.224 e. The molecule has 0 aliphatic carbocycles. The number of anilines is 2. The summed E-state index contributed by atoms with van der Waals surface area (Å²) in [5, 5.41) is 3.28. The van der Waals surface area contributed by atoms with Crippen LogP contribution < -0.4 is 15.0 Å². The molecule has 1 amide bonds. The van der Waals surface area contributed by atoms with Gasteiger partial charge in [-0.2, -0.15) is 0 Å². The van der Waals surface area contributed by atoms with Gasteiger partial charge in [-0.3, -0.25) is 14.7 Å². The molecule has 1 aliphatic heterocycles. The van der Waals surface area contributed by atoms with E-state index in [-0.39, 0.29) is 5.91 Å². The van der Waals surface area contributed by atoms with E-state index in [4.69, 9.17) is 4.74 Å². The number of para-hydroxylation sites is 1. The van der Waals surface area contributed by atoms with Crippen molar-refractivity contribution in [3.05, 3.63) is 60.7 Å². The lowest BCUT2D eigenvalue weighted by Crippen LogP contribution is -2.47. The van der Waals surface area contributed by atoms with Crippen LogP contribution in [0.4, 0.5) is 10.9 Å². The van der Waals surface area contributed by atoms with Crippen LogP contribution in [0.5, 0.6) is 11.6 Å². The number of benzene rings is 1. The Labute approximate surface area is 201 Å². The summed E-state index contributed by atoms with van der Waals surface area (Å²) in [6.45, 7) is 7.31. The zero-order chi connectivity index (χ0) is 23.5. The zero-order valence-electron chi connectivity index (χ0n) is 19.0. The Hall–Kier alpha value is -3.63. The molecule has 4 heterocycles. The Morgan fingerprint density at radius 1 is 1.12 bits per heavy atom. The van der Waals surface area contributed by atoms with E-state index in [1.165, 1.54) is 30.2 Å². The largest absolute Gasteiger partial charge is 0.437 e. The summed E-state index contributed by atoms with van der Waals surface area (Å²) >= 11 is 1.40. The third-order valence-electron chi connectivity index (χ3n) is 5.88. The minimum Gasteiger partial charge on any atom is -0.437 e. The average Bonchev–Trinajstić information content (AvgIpc) is 3.27. The van der Waals surface area contributed by atoms with Crippen LogP contribution >= 0.6 is 11.3 Å². The molecular formula is C24H25N7O2S. The van der Waals surface area contributed by atoms with Crippen LogP contribution in [-0.2, 0) is 4.79 Å². The molecule has 10 heteroatoms. The van der Waals surface area contributed by atoms with E-state index in [1.54, 1.807) is 0 Å². The van der Waals surface area contributed by atoms with E-state index >= 15 is 0 Å². The molecule has 4 aromatic rings. The van der Waals surface area contributed by atoms with Crippen molar-refractivity contribution in [1.82, 2.24) is 24.8 Å². The van der Waals surface area contributed by atoms with Crippen LogP contribution in [-0.4, -0.2) is 56.9 Å². The van der Waals surface area contributed by atoms with Crippen molar-refractivity contribution in [2.24, 2.45) is 0 Å². The third-order valence-corrected chi connectivity index (χ3v) is 6.82. The lowest BCUT2D eigenvalue weighted by atomic mass is 10.1. The van der Waals surface area contributed by atoms with E-state index in [1.807, 2.05) is 36.7 Å². The first kappa shape index (κ1) is 22.2. The first-order valence-corrected chi connectivity index (χ1v) is 11.9. The van der Waals surface area contributed by atoms with Gasteiger partial charge in [0.15, 0.2) is 10.9 Å². The fraction of sp³-hybridized carbons (Fsp3) is 0.292. The van der Waals surface area contributed by atoms with Gasteiger partial charge in [-0.05, 0) is 36.8 Å². The molecule has 0 saturated carbocycles. The Kier molecular flexibility index (Phi) is 6.33. The van der Waals surface area contributed by atoms with Crippen molar-refractivity contribution < 1.29 is 9.53 Å². The first-order chi connectivity index (χ1) is 16.6. The summed E-state index contributed by atoms with van der Waals surface area (Å²) in [5.74, 6) is 1.73. The number of carbonyl (C=O) groups excluding carboxylic acids is 1. The predicted molar refractivity (Wildman–Crippen MR) is 132 cm³/mol. The highest BCUT2D eigenvalue weighted by atomic mass is 32.1. The van der Waals surface area contributed by atoms with Gasteiger partial charge < -0.3 is 15.0 Å². The molecular weight excluding hydrogens is 450 g/mol. The molecule has 174 valence electrons. The van der Waals surface area contributed by atoms with Crippen LogP contribution in [0.25, 0.3) is 10.2 Å². The van der Waals surface area contributed by atoms with E-state index in [9.17, 15) is 4.79 Å². The van der Waals surface area contributed by atoms with Crippen molar-refractivity contribution in [2.45, 2.75) is 19.9 Å². The number of ether oxygens (including phenoxy) is 1. The van der Waals surface area contributed by atoms with E-state index in [2.05, 4.69) is 54.1 Å². The second-order valence-corrected chi connectivity index (χ2v) is 9.13. The molecule has 9 nitrogen and oxygen atoms in total. The molecule has 34 heavy (non-hydrogen) atoms. The molecule has 1 unspecified atom stereocenters. The van der Waals surface area contributed by atoms with Crippen molar-refractivity contribution >= 4 is 38.4 Å². The minimum absolute atomic E-state index is 0.155. The van der Waals surface area contributed by atoms with Crippen LogP contribution in [0.2, 0.25) is 0 Å². The molecule has 1 N–H and O–H groups in total. The number of hydrogen-bond donors (Lipinski definition) is 1. The highest BCUT2D eigenvalue weighted by Crippen LogP contribution is 2.34. The monoisotopic (exact) mass is 475 g/mol. The van der Waals surface area contributed by atoms with Crippen LogP contribution in [0.1, 0.15) is 25.5 Å². The van der Waals surface area contributed by atoms with E-state index in [0.29, 0.717) is 28.3 Å². The number of carbonyl (C=O) groups is 1. The number of nitrogens with zero attached hydrogens (tertiary/aromatic N) is 6. The molecule has 0 bridgehead atoms. The van der Waals surface area contributed by atoms with Crippen LogP contribution in [0, 0.1) is 0 Å². The maximum atomic E-state index is 11.4. The minimum atomic E-state index is -0.155. The number of piperazine rings is 1. The van der Waals surface area contributed by atoms with Gasteiger partial charge in [0.1, 0.15) is 17.7 Å². The summed E-state index contributed by atoms with van der Waals surface area (Å²) in [5.41, 5.74) is 1.97. The summed E-state index contributed by atoms with van der Waals surface area (Å²) < 4.78 is 7.02. The third kappa shape index (κ3) is 4.82. The molecule has 1 aromatic carbocycles. The quantitative estimate of drug-likeness (QED) is 0.445. The van der Waals surface area contributed by atoms with Gasteiger partial charge in [0, 0.05) is 57.6 Å². The van der Waals surface area contributed by atoms with Crippen LogP contribution in [0.15, 0.2) is 55.1 Å². The number of pyridine rings is 1. The second-order valence-electron chi connectivity index (χ2n) is 8.10. The number of rotatable bonds is 6. The van der Waals surface area contributed by atoms with Gasteiger partial charge in [-0.25, -0.2) is 15.0 Å². The topological polar surface area (TPSA) is 96.4 Å². The molecule has 5 rings (SSSR count). The van der Waals surface area contributed by atoms with Gasteiger partial charge in [0.2, 0.25) is 11.8 Å². The fourth-order valence-corrected chi connectivity index (χ4v) is 5.00. The number of fused-ring (bicyclic) bond motifs is 1. The van der Waals surface area contributed by atoms with E-state index < -0.39 is 0 Å². The van der Waals surface area contributed by atoms with Crippen molar-refractivity contribution in [1.29, 1.82) is 0 Å². The lowest BCUT2D eigenvalue weighted by molar-refractivity contribution is -0.114. The van der Waals surface area contributed by atoms with E-state index in [0.717, 1.165) is 36.7 Å². The standard InChI is InChI=1S/C24H25N7O2S/c1-16(18-6-8-25-9-7-18)30-10-12-31(13-11-30)21-14-22(27-15-26-21)33-19-4-3-5-20-23(19)29-24(34-20)28-17(2)32/h3-9,14-16H,10-13H2,1-2H3,(H,28,29,32). The normalized spacial score (nSPS) is 15.3. The highest BCUT2D eigenvalue weighted by Gasteiger charge is 2.23. The number of amides is 1. The number of hydrogen-bond acceptors (Lipinski definition) is 9. The Bertz CT molecular complexity index is 1290. The van der Waals surface area contributed by atoms with Crippen molar-refractivity contribution in [3.63, 3.8) is 0 Å². The molecule has 1 fully saturated rings. The molecule has 1 atom stereocenters. The highest BCUT2D eigenvalue weighted by molar-refractivity contribution is 7.22. The van der Waals surface area contributed by atoms with Gasteiger partial charge >= 0.3 is 0 Å². The summed E-state index contributed by atoms with van der Waals surface area (Å²) in [6.07, 6.45) is 5.22. The number of thiazole rings is 1. The predicted octanol–water partition coefficient (Wildman–Crippen LogP) is 4.12. The van der Waals surface area contributed by atoms with Crippen molar-refractivity contribution in [2.75, 3.05) is 36.4 Å². The van der Waals surface area contributed by atoms with Crippen molar-refractivity contribution in [3.8, 4) is 11.6 Å². The number of nitrogens with one attached hydrogen (secondary N) is 1. The van der Waals surface area contributed by atoms with Gasteiger partial charge in [0.25, 0.3) is 0 Å². The van der Waals surface area contributed by atoms with Crippen LogP contribution in [0.3, 0.4) is 0 Å². The second kappa shape index (κ2) is 9.70. The molecule has 1 saturated heterocycles. The molecule has 0 radical (unpaired) electrons. The maximum absolute atomic E-state index is 11.4. The average molecular weight is 476 g/mol. The van der Waals surface area contributed by atoms with Gasteiger partial charge in [0.05, 0.1) is 4.70 Å². The number of aromatic nitrogens is 4. The Morgan fingerprint density at radius 2 is 1.91 bits per heavy atom. The molecule has 1 aliphatic rings. The van der Waals surface area contributed by atoms with Gasteiger partial charge in [-0.15, -0.1) is 0 Å². The van der Waals surface area contributed by atoms with Gasteiger partial charge in [-0.1, -0.05) is 17.4 Å². The summed E-state index contributed by atoms with van der Waals surface area (Å²) in [7, 11) is 0.